The van der Waals surface area contributed by atoms with Gasteiger partial charge in [0.2, 0.25) is 0 Å². The summed E-state index contributed by atoms with van der Waals surface area (Å²) in [5, 5.41) is 4.20. The molecule has 0 radical (unpaired) electrons. The minimum absolute atomic E-state index is 0.0615. The fourth-order valence-corrected chi connectivity index (χ4v) is 3.09. The van der Waals surface area contributed by atoms with Gasteiger partial charge in [-0.05, 0) is 43.5 Å². The molecular weight excluding hydrogens is 272 g/mol. The maximum atomic E-state index is 12.8. The van der Waals surface area contributed by atoms with Gasteiger partial charge in [-0.2, -0.15) is 0 Å². The fraction of sp³-hybridized carbons (Fsp3) is 0.211. The van der Waals surface area contributed by atoms with Crippen molar-refractivity contribution in [3.63, 3.8) is 0 Å². The number of hydrogen-bond donors (Lipinski definition) is 1. The smallest absolute Gasteiger partial charge is 0.272 e. The Labute approximate surface area is 130 Å². The third-order valence-corrected chi connectivity index (χ3v) is 4.29. The zero-order chi connectivity index (χ0) is 15.9. The van der Waals surface area contributed by atoms with E-state index < -0.39 is 0 Å². The summed E-state index contributed by atoms with van der Waals surface area (Å²) in [5.41, 5.74) is 5.85. The van der Waals surface area contributed by atoms with Crippen LogP contribution in [0.5, 0.6) is 0 Å². The monoisotopic (exact) mass is 292 g/mol. The summed E-state index contributed by atoms with van der Waals surface area (Å²) >= 11 is 0. The van der Waals surface area contributed by atoms with Crippen molar-refractivity contribution in [3.05, 3.63) is 64.8 Å². The Balaban J connectivity index is 2.07. The van der Waals surface area contributed by atoms with Gasteiger partial charge in [0.15, 0.2) is 0 Å². The number of hydrogen-bond acceptors (Lipinski definition) is 1. The summed E-state index contributed by atoms with van der Waals surface area (Å²) in [5.74, 6) is -0.0615. The lowest BCUT2D eigenvalue weighted by atomic mass is 10.1. The molecular formula is C19H20N2O. The molecule has 0 saturated carbocycles. The van der Waals surface area contributed by atoms with Crippen LogP contribution in [0.3, 0.4) is 0 Å². The maximum Gasteiger partial charge on any atom is 0.272 e. The van der Waals surface area contributed by atoms with E-state index in [0.29, 0.717) is 5.69 Å². The number of nitrogens with one attached hydrogen (secondary N) is 1. The molecule has 1 aromatic heterocycles. The first kappa shape index (κ1) is 14.4. The Morgan fingerprint density at radius 1 is 0.955 bits per heavy atom. The summed E-state index contributed by atoms with van der Waals surface area (Å²) in [6, 6.07) is 14.1. The minimum Gasteiger partial charge on any atom is -0.339 e. The molecule has 0 bridgehead atoms. The molecule has 0 aliphatic carbocycles. The topological polar surface area (TPSA) is 34.0 Å². The number of anilines is 1. The Hall–Kier alpha value is -2.55. The van der Waals surface area contributed by atoms with Crippen molar-refractivity contribution in [2.45, 2.75) is 20.8 Å². The molecule has 0 aliphatic heterocycles. The van der Waals surface area contributed by atoms with E-state index in [9.17, 15) is 4.79 Å². The summed E-state index contributed by atoms with van der Waals surface area (Å²) in [4.78, 5) is 12.8. The van der Waals surface area contributed by atoms with Crippen molar-refractivity contribution in [1.29, 1.82) is 0 Å². The van der Waals surface area contributed by atoms with Gasteiger partial charge in [-0.25, -0.2) is 0 Å². The number of aromatic nitrogens is 1. The predicted molar refractivity (Wildman–Crippen MR) is 91.5 cm³/mol. The molecule has 0 fully saturated rings. The highest BCUT2D eigenvalue weighted by Crippen LogP contribution is 2.26. The van der Waals surface area contributed by atoms with Crippen LogP contribution in [0.2, 0.25) is 0 Å². The van der Waals surface area contributed by atoms with Crippen LogP contribution in [-0.4, -0.2) is 10.5 Å². The zero-order valence-electron chi connectivity index (χ0n) is 13.4. The van der Waals surface area contributed by atoms with Gasteiger partial charge in [-0.15, -0.1) is 0 Å². The van der Waals surface area contributed by atoms with E-state index in [-0.39, 0.29) is 5.91 Å². The van der Waals surface area contributed by atoms with E-state index in [1.807, 2.05) is 68.8 Å². The molecule has 3 heteroatoms. The average Bonchev–Trinajstić information content (AvgIpc) is 2.75. The molecule has 3 rings (SSSR count). The molecule has 2 aromatic carbocycles. The zero-order valence-corrected chi connectivity index (χ0v) is 13.4. The summed E-state index contributed by atoms with van der Waals surface area (Å²) in [6.45, 7) is 6.02. The summed E-state index contributed by atoms with van der Waals surface area (Å²) < 4.78 is 1.97. The highest BCUT2D eigenvalue weighted by atomic mass is 16.2. The normalized spacial score (nSPS) is 10.9. The summed E-state index contributed by atoms with van der Waals surface area (Å²) in [6.07, 6.45) is 0. The molecule has 1 N–H and O–H groups in total. The van der Waals surface area contributed by atoms with Gasteiger partial charge < -0.3 is 9.88 Å². The van der Waals surface area contributed by atoms with Crippen molar-refractivity contribution < 1.29 is 4.79 Å². The molecule has 112 valence electrons. The van der Waals surface area contributed by atoms with Crippen molar-refractivity contribution in [2.24, 2.45) is 7.05 Å². The van der Waals surface area contributed by atoms with E-state index in [1.54, 1.807) is 0 Å². The molecule has 1 amide bonds. The van der Waals surface area contributed by atoms with Gasteiger partial charge in [-0.3, -0.25) is 4.79 Å². The van der Waals surface area contributed by atoms with Gasteiger partial charge in [-0.1, -0.05) is 36.4 Å². The van der Waals surface area contributed by atoms with Crippen LogP contribution in [0.15, 0.2) is 42.5 Å². The molecule has 3 nitrogen and oxygen atoms in total. The second kappa shape index (κ2) is 5.34. The van der Waals surface area contributed by atoms with Crippen LogP contribution in [0.4, 0.5) is 5.69 Å². The number of fused-ring (bicyclic) bond motifs is 1. The maximum absolute atomic E-state index is 12.8. The average molecular weight is 292 g/mol. The number of carbonyl (C=O) groups is 1. The fourth-order valence-electron chi connectivity index (χ4n) is 3.09. The highest BCUT2D eigenvalue weighted by Gasteiger charge is 2.19. The van der Waals surface area contributed by atoms with Crippen LogP contribution in [0.25, 0.3) is 10.9 Å². The lowest BCUT2D eigenvalue weighted by Crippen LogP contribution is -2.18. The van der Waals surface area contributed by atoms with Gasteiger partial charge in [0.1, 0.15) is 5.69 Å². The number of para-hydroxylation sites is 2. The van der Waals surface area contributed by atoms with Gasteiger partial charge in [0.25, 0.3) is 5.91 Å². The Kier molecular flexibility index (Phi) is 3.49. The van der Waals surface area contributed by atoms with Crippen molar-refractivity contribution in [1.82, 2.24) is 4.57 Å². The lowest BCUT2D eigenvalue weighted by molar-refractivity contribution is 0.101. The molecule has 22 heavy (non-hydrogen) atoms. The Morgan fingerprint density at radius 2 is 1.59 bits per heavy atom. The first-order chi connectivity index (χ1) is 10.5. The third kappa shape index (κ3) is 2.19. The number of aryl methyl sites for hydroxylation is 4. The van der Waals surface area contributed by atoms with Crippen molar-refractivity contribution in [3.8, 4) is 0 Å². The van der Waals surface area contributed by atoms with Crippen molar-refractivity contribution >= 4 is 22.5 Å². The Morgan fingerprint density at radius 3 is 2.23 bits per heavy atom. The van der Waals surface area contributed by atoms with Gasteiger partial charge >= 0.3 is 0 Å². The number of amides is 1. The molecule has 3 aromatic rings. The largest absolute Gasteiger partial charge is 0.339 e. The number of nitrogens with zero attached hydrogens (tertiary/aromatic N) is 1. The molecule has 0 atom stereocenters. The van der Waals surface area contributed by atoms with Crippen LogP contribution >= 0.6 is 0 Å². The standard InChI is InChI=1S/C19H20N2O/c1-12-8-7-9-13(2)17(12)20-19(22)18-14(3)15-10-5-6-11-16(15)21(18)4/h5-11H,1-4H3,(H,20,22). The van der Waals surface area contributed by atoms with E-state index in [0.717, 1.165) is 33.3 Å². The molecule has 0 spiro atoms. The lowest BCUT2D eigenvalue weighted by Gasteiger charge is -2.12. The van der Waals surface area contributed by atoms with E-state index in [4.69, 9.17) is 0 Å². The van der Waals surface area contributed by atoms with Gasteiger partial charge in [0.05, 0.1) is 0 Å². The van der Waals surface area contributed by atoms with E-state index >= 15 is 0 Å². The molecule has 0 aliphatic rings. The molecule has 0 unspecified atom stereocenters. The number of rotatable bonds is 2. The second-order valence-electron chi connectivity index (χ2n) is 5.77. The first-order valence-electron chi connectivity index (χ1n) is 7.42. The first-order valence-corrected chi connectivity index (χ1v) is 7.42. The van der Waals surface area contributed by atoms with E-state index in [1.165, 1.54) is 0 Å². The molecule has 0 saturated heterocycles. The highest BCUT2D eigenvalue weighted by molar-refractivity contribution is 6.08. The Bertz CT molecular complexity index is 815. The van der Waals surface area contributed by atoms with Crippen LogP contribution in [-0.2, 0) is 7.05 Å². The predicted octanol–water partition coefficient (Wildman–Crippen LogP) is 4.36. The third-order valence-electron chi connectivity index (χ3n) is 4.29. The SMILES string of the molecule is Cc1cccc(C)c1NC(=O)c1c(C)c2ccccc2n1C. The quantitative estimate of drug-likeness (QED) is 0.748. The minimum atomic E-state index is -0.0615. The van der Waals surface area contributed by atoms with Crippen LogP contribution in [0.1, 0.15) is 27.2 Å². The van der Waals surface area contributed by atoms with Crippen LogP contribution < -0.4 is 5.32 Å². The number of benzene rings is 2. The summed E-state index contributed by atoms with van der Waals surface area (Å²) in [7, 11) is 1.94. The van der Waals surface area contributed by atoms with E-state index in [2.05, 4.69) is 11.4 Å². The van der Waals surface area contributed by atoms with Crippen LogP contribution in [0, 0.1) is 20.8 Å². The number of carbonyl (C=O) groups excluding carboxylic acids is 1. The molecule has 1 heterocycles. The second-order valence-corrected chi connectivity index (χ2v) is 5.77. The van der Waals surface area contributed by atoms with Gasteiger partial charge in [0, 0.05) is 23.6 Å². The van der Waals surface area contributed by atoms with Crippen molar-refractivity contribution in [2.75, 3.05) is 5.32 Å².